The minimum atomic E-state index is -0.368. The Hall–Kier alpha value is -2.87. The summed E-state index contributed by atoms with van der Waals surface area (Å²) in [6.45, 7) is 5.80. The smallest absolute Gasteiger partial charge is 0.237 e. The van der Waals surface area contributed by atoms with Crippen LogP contribution < -0.4 is 10.1 Å². The van der Waals surface area contributed by atoms with Crippen molar-refractivity contribution in [2.24, 2.45) is 0 Å². The number of rotatable bonds is 6. The third-order valence-electron chi connectivity index (χ3n) is 4.06. The van der Waals surface area contributed by atoms with Gasteiger partial charge in [0.1, 0.15) is 5.75 Å². The number of thioether (sulfide) groups is 1. The fourth-order valence-corrected chi connectivity index (χ4v) is 3.26. The van der Waals surface area contributed by atoms with Gasteiger partial charge in [-0.2, -0.15) is 4.68 Å². The van der Waals surface area contributed by atoms with Gasteiger partial charge >= 0.3 is 0 Å². The maximum absolute atomic E-state index is 12.6. The Balaban J connectivity index is 1.72. The van der Waals surface area contributed by atoms with Crippen LogP contribution in [0.1, 0.15) is 18.1 Å². The molecule has 8 heteroatoms. The van der Waals surface area contributed by atoms with Crippen LogP contribution in [0, 0.1) is 13.8 Å². The Morgan fingerprint density at radius 2 is 1.93 bits per heavy atom. The lowest BCUT2D eigenvalue weighted by atomic mass is 10.1. The fraction of sp³-hybridized carbons (Fsp3) is 0.263. The highest BCUT2D eigenvalue weighted by atomic mass is 32.2. The highest BCUT2D eigenvalue weighted by molar-refractivity contribution is 8.00. The molecule has 0 saturated carbocycles. The predicted octanol–water partition coefficient (Wildman–Crippen LogP) is 3.41. The molecule has 0 saturated heterocycles. The maximum Gasteiger partial charge on any atom is 0.237 e. The first-order valence-corrected chi connectivity index (χ1v) is 9.33. The van der Waals surface area contributed by atoms with Crippen molar-refractivity contribution in [2.45, 2.75) is 31.2 Å². The summed E-state index contributed by atoms with van der Waals surface area (Å²) in [6, 6.07) is 13.4. The number of hydrogen-bond acceptors (Lipinski definition) is 6. The third kappa shape index (κ3) is 4.46. The number of tetrazole rings is 1. The number of hydrogen-bond donors (Lipinski definition) is 1. The first-order valence-electron chi connectivity index (χ1n) is 8.45. The zero-order valence-electron chi connectivity index (χ0n) is 15.6. The Morgan fingerprint density at radius 1 is 1.19 bits per heavy atom. The molecule has 1 N–H and O–H groups in total. The van der Waals surface area contributed by atoms with E-state index in [0.29, 0.717) is 5.16 Å². The number of ether oxygens (including phenoxy) is 1. The van der Waals surface area contributed by atoms with Gasteiger partial charge in [0.25, 0.3) is 0 Å². The quantitative estimate of drug-likeness (QED) is 0.657. The standard InChI is InChI=1S/C19H21N5O2S/c1-12-5-6-13(2)17(11-12)20-18(25)14(3)27-19-21-22-23-24(19)15-7-9-16(26-4)10-8-15/h5-11,14H,1-4H3,(H,20,25). The molecule has 1 amide bonds. The summed E-state index contributed by atoms with van der Waals surface area (Å²) in [6.07, 6.45) is 0. The summed E-state index contributed by atoms with van der Waals surface area (Å²) >= 11 is 1.30. The van der Waals surface area contributed by atoms with E-state index in [9.17, 15) is 4.79 Å². The normalized spacial score (nSPS) is 11.9. The van der Waals surface area contributed by atoms with E-state index in [1.165, 1.54) is 11.8 Å². The molecule has 140 valence electrons. The van der Waals surface area contributed by atoms with Crippen LogP contribution in [-0.2, 0) is 4.79 Å². The lowest BCUT2D eigenvalue weighted by Gasteiger charge is -2.14. The SMILES string of the molecule is COc1ccc(-n2nnnc2SC(C)C(=O)Nc2cc(C)ccc2C)cc1. The number of carbonyl (C=O) groups excluding carboxylic acids is 1. The van der Waals surface area contributed by atoms with Crippen molar-refractivity contribution in [3.05, 3.63) is 53.6 Å². The molecule has 0 aliphatic rings. The van der Waals surface area contributed by atoms with Crippen LogP contribution in [0.25, 0.3) is 5.69 Å². The van der Waals surface area contributed by atoms with E-state index >= 15 is 0 Å². The summed E-state index contributed by atoms with van der Waals surface area (Å²) in [5.41, 5.74) is 3.74. The summed E-state index contributed by atoms with van der Waals surface area (Å²) in [7, 11) is 1.61. The number of aromatic nitrogens is 4. The van der Waals surface area contributed by atoms with Gasteiger partial charge in [0.05, 0.1) is 18.0 Å². The van der Waals surface area contributed by atoms with Crippen molar-refractivity contribution < 1.29 is 9.53 Å². The van der Waals surface area contributed by atoms with E-state index in [-0.39, 0.29) is 11.2 Å². The molecule has 0 fully saturated rings. The molecule has 0 aliphatic carbocycles. The number of benzene rings is 2. The Morgan fingerprint density at radius 3 is 2.63 bits per heavy atom. The monoisotopic (exact) mass is 383 g/mol. The van der Waals surface area contributed by atoms with Crippen LogP contribution in [-0.4, -0.2) is 38.5 Å². The fourth-order valence-electron chi connectivity index (χ4n) is 2.45. The second-order valence-electron chi connectivity index (χ2n) is 6.14. The largest absolute Gasteiger partial charge is 0.497 e. The number of carbonyl (C=O) groups is 1. The van der Waals surface area contributed by atoms with Gasteiger partial charge < -0.3 is 10.1 Å². The lowest BCUT2D eigenvalue weighted by molar-refractivity contribution is -0.115. The van der Waals surface area contributed by atoms with Gasteiger partial charge in [-0.15, -0.1) is 5.10 Å². The molecular weight excluding hydrogens is 362 g/mol. The summed E-state index contributed by atoms with van der Waals surface area (Å²) in [5.74, 6) is 0.653. The Labute approximate surface area is 162 Å². The molecule has 0 spiro atoms. The number of anilines is 1. The van der Waals surface area contributed by atoms with Crippen molar-refractivity contribution >= 4 is 23.4 Å². The second kappa shape index (κ2) is 8.22. The van der Waals surface area contributed by atoms with E-state index in [4.69, 9.17) is 4.74 Å². The average molecular weight is 383 g/mol. The zero-order chi connectivity index (χ0) is 19.4. The molecule has 3 aromatic rings. The van der Waals surface area contributed by atoms with Gasteiger partial charge in [-0.1, -0.05) is 23.9 Å². The molecule has 2 aromatic carbocycles. The summed E-state index contributed by atoms with van der Waals surface area (Å²) in [5, 5.41) is 15.0. The van der Waals surface area contributed by atoms with Gasteiger partial charge in [0.15, 0.2) is 0 Å². The molecular formula is C19H21N5O2S. The molecule has 1 heterocycles. The number of amides is 1. The topological polar surface area (TPSA) is 81.9 Å². The predicted molar refractivity (Wildman–Crippen MR) is 106 cm³/mol. The number of nitrogens with one attached hydrogen (secondary N) is 1. The first kappa shape index (κ1) is 18.9. The minimum Gasteiger partial charge on any atom is -0.497 e. The van der Waals surface area contributed by atoms with E-state index < -0.39 is 0 Å². The van der Waals surface area contributed by atoms with Gasteiger partial charge in [-0.05, 0) is 72.7 Å². The van der Waals surface area contributed by atoms with E-state index in [1.54, 1.807) is 11.8 Å². The van der Waals surface area contributed by atoms with Crippen molar-refractivity contribution in [1.29, 1.82) is 0 Å². The molecule has 7 nitrogen and oxygen atoms in total. The number of nitrogens with zero attached hydrogens (tertiary/aromatic N) is 4. The average Bonchev–Trinajstić information content (AvgIpc) is 3.12. The molecule has 0 bridgehead atoms. The third-order valence-corrected chi connectivity index (χ3v) is 5.09. The first-order chi connectivity index (χ1) is 13.0. The zero-order valence-corrected chi connectivity index (χ0v) is 16.4. The van der Waals surface area contributed by atoms with Crippen molar-refractivity contribution in [3.63, 3.8) is 0 Å². The van der Waals surface area contributed by atoms with E-state index in [1.807, 2.05) is 63.2 Å². The van der Waals surface area contributed by atoms with Crippen molar-refractivity contribution in [3.8, 4) is 11.4 Å². The van der Waals surface area contributed by atoms with Gasteiger partial charge in [-0.25, -0.2) is 0 Å². The van der Waals surface area contributed by atoms with Crippen molar-refractivity contribution in [1.82, 2.24) is 20.2 Å². The minimum absolute atomic E-state index is 0.0991. The van der Waals surface area contributed by atoms with Crippen LogP contribution in [0.4, 0.5) is 5.69 Å². The van der Waals surface area contributed by atoms with Crippen LogP contribution in [0.15, 0.2) is 47.6 Å². The maximum atomic E-state index is 12.6. The molecule has 1 aromatic heterocycles. The van der Waals surface area contributed by atoms with E-state index in [0.717, 1.165) is 28.3 Å². The Kier molecular flexibility index (Phi) is 5.75. The second-order valence-corrected chi connectivity index (χ2v) is 7.45. The lowest BCUT2D eigenvalue weighted by Crippen LogP contribution is -2.23. The molecule has 0 aliphatic heterocycles. The molecule has 3 rings (SSSR count). The number of aryl methyl sites for hydroxylation is 2. The highest BCUT2D eigenvalue weighted by Gasteiger charge is 2.20. The van der Waals surface area contributed by atoms with Crippen LogP contribution >= 0.6 is 11.8 Å². The number of methoxy groups -OCH3 is 1. The molecule has 27 heavy (non-hydrogen) atoms. The van der Waals surface area contributed by atoms with Crippen LogP contribution in [0.2, 0.25) is 0 Å². The van der Waals surface area contributed by atoms with Crippen LogP contribution in [0.3, 0.4) is 0 Å². The molecule has 1 atom stereocenters. The highest BCUT2D eigenvalue weighted by Crippen LogP contribution is 2.25. The Bertz CT molecular complexity index is 940. The van der Waals surface area contributed by atoms with E-state index in [2.05, 4.69) is 20.8 Å². The van der Waals surface area contributed by atoms with Crippen LogP contribution in [0.5, 0.6) is 5.75 Å². The molecule has 1 unspecified atom stereocenters. The van der Waals surface area contributed by atoms with Gasteiger partial charge in [0.2, 0.25) is 11.1 Å². The van der Waals surface area contributed by atoms with Gasteiger partial charge in [0, 0.05) is 5.69 Å². The molecule has 0 radical (unpaired) electrons. The van der Waals surface area contributed by atoms with Crippen molar-refractivity contribution in [2.75, 3.05) is 12.4 Å². The summed E-state index contributed by atoms with van der Waals surface area (Å²) in [4.78, 5) is 12.6. The van der Waals surface area contributed by atoms with Gasteiger partial charge in [-0.3, -0.25) is 4.79 Å². The summed E-state index contributed by atoms with van der Waals surface area (Å²) < 4.78 is 6.77.